The van der Waals surface area contributed by atoms with Crippen molar-refractivity contribution in [1.29, 1.82) is 0 Å². The van der Waals surface area contributed by atoms with Crippen molar-refractivity contribution in [2.24, 2.45) is 0 Å². The van der Waals surface area contributed by atoms with Crippen LogP contribution in [-0.2, 0) is 6.42 Å². The van der Waals surface area contributed by atoms with E-state index in [-0.39, 0.29) is 5.91 Å². The average Bonchev–Trinajstić information content (AvgIpc) is 3.12. The van der Waals surface area contributed by atoms with Crippen LogP contribution in [0.5, 0.6) is 5.75 Å². The number of halogens is 2. The van der Waals surface area contributed by atoms with Crippen LogP contribution in [0.2, 0.25) is 10.0 Å². The number of fused-ring (bicyclic) bond motifs is 1. The number of benzene rings is 3. The summed E-state index contributed by atoms with van der Waals surface area (Å²) in [5.74, 6) is 0.915. The molecule has 0 aliphatic carbocycles. The number of hydrogen-bond acceptors (Lipinski definition) is 4. The van der Waals surface area contributed by atoms with E-state index in [9.17, 15) is 4.79 Å². The molecule has 3 aromatic carbocycles. The van der Waals surface area contributed by atoms with Crippen molar-refractivity contribution in [3.05, 3.63) is 87.7 Å². The normalized spacial score (nSPS) is 10.9. The number of aromatic nitrogens is 1. The molecule has 0 atom stereocenters. The number of amides is 1. The molecular formula is C23H18Cl2N2O3. The van der Waals surface area contributed by atoms with Gasteiger partial charge in [-0.2, -0.15) is 0 Å². The number of rotatable bonds is 6. The molecule has 1 heterocycles. The number of anilines is 1. The summed E-state index contributed by atoms with van der Waals surface area (Å²) in [6.45, 7) is 2.38. The maximum atomic E-state index is 12.5. The molecule has 5 nitrogen and oxygen atoms in total. The fraction of sp³-hybridized carbons (Fsp3) is 0.130. The Morgan fingerprint density at radius 3 is 2.60 bits per heavy atom. The Morgan fingerprint density at radius 1 is 1.07 bits per heavy atom. The average molecular weight is 441 g/mol. The molecule has 0 aliphatic rings. The molecule has 7 heteroatoms. The van der Waals surface area contributed by atoms with Crippen molar-refractivity contribution in [3.63, 3.8) is 0 Å². The second-order valence-corrected chi connectivity index (χ2v) is 7.47. The minimum absolute atomic E-state index is 0.247. The van der Waals surface area contributed by atoms with Gasteiger partial charge in [0, 0.05) is 22.7 Å². The summed E-state index contributed by atoms with van der Waals surface area (Å²) >= 11 is 12.2. The lowest BCUT2D eigenvalue weighted by atomic mass is 10.1. The van der Waals surface area contributed by atoms with E-state index < -0.39 is 0 Å². The Labute approximate surface area is 183 Å². The Balaban J connectivity index is 1.42. The molecule has 0 bridgehead atoms. The van der Waals surface area contributed by atoms with Gasteiger partial charge in [-0.25, -0.2) is 4.98 Å². The topological polar surface area (TPSA) is 64.4 Å². The number of nitrogens with one attached hydrogen (secondary N) is 1. The molecule has 0 spiro atoms. The highest BCUT2D eigenvalue weighted by Gasteiger charge is 2.11. The summed E-state index contributed by atoms with van der Waals surface area (Å²) in [4.78, 5) is 17.0. The van der Waals surface area contributed by atoms with E-state index in [4.69, 9.17) is 32.4 Å². The minimum atomic E-state index is -0.247. The molecule has 1 aromatic heterocycles. The Hall–Kier alpha value is -3.02. The largest absolute Gasteiger partial charge is 0.492 e. The van der Waals surface area contributed by atoms with Gasteiger partial charge in [0.25, 0.3) is 5.91 Å². The molecule has 0 fully saturated rings. The van der Waals surface area contributed by atoms with Crippen LogP contribution in [0.15, 0.2) is 65.1 Å². The third-order valence-electron chi connectivity index (χ3n) is 4.45. The highest BCUT2D eigenvalue weighted by atomic mass is 35.5. The second-order valence-electron chi connectivity index (χ2n) is 6.63. The summed E-state index contributed by atoms with van der Waals surface area (Å²) < 4.78 is 11.1. The molecule has 4 rings (SSSR count). The first-order chi connectivity index (χ1) is 14.5. The maximum absolute atomic E-state index is 12.5. The zero-order chi connectivity index (χ0) is 21.1. The van der Waals surface area contributed by atoms with Crippen molar-refractivity contribution in [2.45, 2.75) is 13.3 Å². The smallest absolute Gasteiger partial charge is 0.255 e. The van der Waals surface area contributed by atoms with Crippen LogP contribution in [0.1, 0.15) is 28.7 Å². The fourth-order valence-corrected chi connectivity index (χ4v) is 3.42. The van der Waals surface area contributed by atoms with Gasteiger partial charge in [0.2, 0.25) is 0 Å². The van der Waals surface area contributed by atoms with Crippen molar-refractivity contribution in [1.82, 2.24) is 4.98 Å². The highest BCUT2D eigenvalue weighted by Crippen LogP contribution is 2.26. The molecule has 152 valence electrons. The molecule has 0 saturated heterocycles. The Morgan fingerprint density at radius 2 is 1.87 bits per heavy atom. The van der Waals surface area contributed by atoms with Gasteiger partial charge >= 0.3 is 0 Å². The monoisotopic (exact) mass is 440 g/mol. The van der Waals surface area contributed by atoms with E-state index in [0.717, 1.165) is 11.1 Å². The number of carbonyl (C=O) groups excluding carboxylic acids is 1. The van der Waals surface area contributed by atoms with Gasteiger partial charge in [-0.3, -0.25) is 4.79 Å². The van der Waals surface area contributed by atoms with Crippen LogP contribution in [0, 0.1) is 0 Å². The van der Waals surface area contributed by atoms with Gasteiger partial charge in [0.05, 0.1) is 11.6 Å². The van der Waals surface area contributed by atoms with E-state index in [0.29, 0.717) is 51.5 Å². The van der Waals surface area contributed by atoms with Gasteiger partial charge in [-0.1, -0.05) is 35.3 Å². The van der Waals surface area contributed by atoms with Gasteiger partial charge in [0.1, 0.15) is 11.3 Å². The summed E-state index contributed by atoms with van der Waals surface area (Å²) in [5, 5.41) is 3.89. The molecule has 1 amide bonds. The third kappa shape index (κ3) is 4.58. The van der Waals surface area contributed by atoms with E-state index in [2.05, 4.69) is 10.3 Å². The van der Waals surface area contributed by atoms with E-state index in [1.165, 1.54) is 0 Å². The summed E-state index contributed by atoms with van der Waals surface area (Å²) in [6.07, 6.45) is 0.537. The third-order valence-corrected chi connectivity index (χ3v) is 4.99. The van der Waals surface area contributed by atoms with Crippen LogP contribution < -0.4 is 10.1 Å². The standard InChI is InChI=1S/C23H18Cl2N2O3/c1-2-29-20-9-5-15(12-18(20)25)23(28)26-17-7-3-14(4-8-17)11-22-27-19-13-16(24)6-10-21(19)30-22/h3-10,12-13H,2,11H2,1H3,(H,26,28). The number of hydrogen-bond donors (Lipinski definition) is 1. The molecule has 30 heavy (non-hydrogen) atoms. The van der Waals surface area contributed by atoms with Crippen LogP contribution in [0.3, 0.4) is 0 Å². The van der Waals surface area contributed by atoms with Crippen LogP contribution >= 0.6 is 23.2 Å². The molecule has 0 saturated carbocycles. The lowest BCUT2D eigenvalue weighted by Crippen LogP contribution is -2.12. The molecule has 4 aromatic rings. The predicted molar refractivity (Wildman–Crippen MR) is 119 cm³/mol. The van der Waals surface area contributed by atoms with E-state index in [1.807, 2.05) is 31.2 Å². The number of nitrogens with zero attached hydrogens (tertiary/aromatic N) is 1. The minimum Gasteiger partial charge on any atom is -0.492 e. The van der Waals surface area contributed by atoms with Crippen molar-refractivity contribution < 1.29 is 13.9 Å². The Kier molecular flexibility index (Phi) is 5.93. The summed E-state index contributed by atoms with van der Waals surface area (Å²) in [6, 6.07) is 17.8. The highest BCUT2D eigenvalue weighted by molar-refractivity contribution is 6.32. The van der Waals surface area contributed by atoms with Crippen LogP contribution in [0.25, 0.3) is 11.1 Å². The molecule has 0 unspecified atom stereocenters. The van der Waals surface area contributed by atoms with E-state index >= 15 is 0 Å². The molecule has 1 N–H and O–H groups in total. The Bertz CT molecular complexity index is 1200. The second kappa shape index (κ2) is 8.78. The first kappa shape index (κ1) is 20.3. The van der Waals surface area contributed by atoms with Crippen molar-refractivity contribution >= 4 is 45.9 Å². The van der Waals surface area contributed by atoms with Gasteiger partial charge < -0.3 is 14.5 Å². The first-order valence-corrected chi connectivity index (χ1v) is 10.1. The van der Waals surface area contributed by atoms with Crippen molar-refractivity contribution in [2.75, 3.05) is 11.9 Å². The maximum Gasteiger partial charge on any atom is 0.255 e. The quantitative estimate of drug-likeness (QED) is 0.377. The SMILES string of the molecule is CCOc1ccc(C(=O)Nc2ccc(Cc3nc4cc(Cl)ccc4o3)cc2)cc1Cl. The molecule has 0 radical (unpaired) electrons. The lowest BCUT2D eigenvalue weighted by Gasteiger charge is -2.09. The van der Waals surface area contributed by atoms with Gasteiger partial charge in [0.15, 0.2) is 11.5 Å². The molecular weight excluding hydrogens is 423 g/mol. The lowest BCUT2D eigenvalue weighted by molar-refractivity contribution is 0.102. The van der Waals surface area contributed by atoms with E-state index in [1.54, 1.807) is 36.4 Å². The van der Waals surface area contributed by atoms with Gasteiger partial charge in [-0.15, -0.1) is 0 Å². The number of carbonyl (C=O) groups is 1. The van der Waals surface area contributed by atoms with Gasteiger partial charge in [-0.05, 0) is 61.0 Å². The zero-order valence-electron chi connectivity index (χ0n) is 16.1. The first-order valence-electron chi connectivity index (χ1n) is 9.39. The van der Waals surface area contributed by atoms with Crippen LogP contribution in [0.4, 0.5) is 5.69 Å². The number of ether oxygens (including phenoxy) is 1. The predicted octanol–water partition coefficient (Wildman–Crippen LogP) is 6.38. The summed E-state index contributed by atoms with van der Waals surface area (Å²) in [7, 11) is 0. The number of oxazole rings is 1. The zero-order valence-corrected chi connectivity index (χ0v) is 17.6. The molecule has 0 aliphatic heterocycles. The van der Waals surface area contributed by atoms with Crippen molar-refractivity contribution in [3.8, 4) is 5.75 Å². The fourth-order valence-electron chi connectivity index (χ4n) is 3.02. The summed E-state index contributed by atoms with van der Waals surface area (Å²) in [5.41, 5.74) is 3.58. The van der Waals surface area contributed by atoms with Crippen LogP contribution in [-0.4, -0.2) is 17.5 Å².